The normalized spacial score (nSPS) is 10.6. The monoisotopic (exact) mass is 309 g/mol. The van der Waals surface area contributed by atoms with Gasteiger partial charge in [0.2, 0.25) is 5.78 Å². The fraction of sp³-hybridized carbons (Fsp3) is 0.231. The average molecular weight is 310 g/mol. The molecular weight excluding hydrogens is 298 g/mol. The second kappa shape index (κ2) is 6.47. The van der Waals surface area contributed by atoms with E-state index in [1.54, 1.807) is 0 Å². The molecule has 8 heteroatoms. The van der Waals surface area contributed by atoms with Crippen molar-refractivity contribution in [3.05, 3.63) is 56.9 Å². The van der Waals surface area contributed by atoms with E-state index in [0.29, 0.717) is 6.61 Å². The molecule has 0 atom stereocenters. The van der Waals surface area contributed by atoms with Gasteiger partial charge in [-0.15, -0.1) is 0 Å². The van der Waals surface area contributed by atoms with Crippen LogP contribution in [0.5, 0.6) is 0 Å². The van der Waals surface area contributed by atoms with Crippen molar-refractivity contribution < 1.29 is 14.5 Å². The molecule has 0 saturated carbocycles. The lowest BCUT2D eigenvalue weighted by molar-refractivity contribution is -0.385. The van der Waals surface area contributed by atoms with Gasteiger partial charge in [-0.3, -0.25) is 14.9 Å². The number of aromatic nitrogens is 2. The molecule has 7 nitrogen and oxygen atoms in total. The van der Waals surface area contributed by atoms with Crippen LogP contribution in [0.4, 0.5) is 5.69 Å². The highest BCUT2D eigenvalue weighted by molar-refractivity contribution is 6.31. The SMILES string of the molecule is CCOCn1nccc1C(=O)c1cc(Cl)ccc1[N+](=O)[O-]. The molecular formula is C13H12ClN3O4. The number of halogens is 1. The van der Waals surface area contributed by atoms with Crippen molar-refractivity contribution in [3.63, 3.8) is 0 Å². The summed E-state index contributed by atoms with van der Waals surface area (Å²) in [6.45, 7) is 2.37. The predicted molar refractivity (Wildman–Crippen MR) is 75.4 cm³/mol. The van der Waals surface area contributed by atoms with Gasteiger partial charge in [0.1, 0.15) is 18.0 Å². The Kier molecular flexibility index (Phi) is 4.66. The molecule has 1 aromatic heterocycles. The number of ketones is 1. The summed E-state index contributed by atoms with van der Waals surface area (Å²) in [6.07, 6.45) is 1.43. The number of nitrogens with zero attached hydrogens (tertiary/aromatic N) is 3. The van der Waals surface area contributed by atoms with Crippen molar-refractivity contribution in [2.24, 2.45) is 0 Å². The second-order valence-corrected chi connectivity index (χ2v) is 4.52. The van der Waals surface area contributed by atoms with Gasteiger partial charge in [-0.25, -0.2) is 4.68 Å². The third-order valence-electron chi connectivity index (χ3n) is 2.77. The fourth-order valence-corrected chi connectivity index (χ4v) is 1.97. The summed E-state index contributed by atoms with van der Waals surface area (Å²) in [6, 6.07) is 5.33. The number of nitro groups is 1. The Hall–Kier alpha value is -2.25. The van der Waals surface area contributed by atoms with E-state index in [1.165, 1.54) is 35.1 Å². The van der Waals surface area contributed by atoms with Gasteiger partial charge >= 0.3 is 0 Å². The minimum Gasteiger partial charge on any atom is -0.360 e. The van der Waals surface area contributed by atoms with Gasteiger partial charge in [0, 0.05) is 23.9 Å². The molecule has 2 rings (SSSR count). The minimum absolute atomic E-state index is 0.0780. The van der Waals surface area contributed by atoms with Crippen LogP contribution < -0.4 is 0 Å². The summed E-state index contributed by atoms with van der Waals surface area (Å²) in [7, 11) is 0. The first-order valence-corrected chi connectivity index (χ1v) is 6.50. The number of rotatable bonds is 6. The van der Waals surface area contributed by atoms with Crippen LogP contribution in [0.2, 0.25) is 5.02 Å². The molecule has 0 aliphatic heterocycles. The Morgan fingerprint density at radius 3 is 2.90 bits per heavy atom. The second-order valence-electron chi connectivity index (χ2n) is 4.09. The first kappa shape index (κ1) is 15.1. The topological polar surface area (TPSA) is 87.3 Å². The molecule has 0 aliphatic carbocycles. The van der Waals surface area contributed by atoms with Gasteiger partial charge in [-0.05, 0) is 25.1 Å². The van der Waals surface area contributed by atoms with Gasteiger partial charge in [-0.1, -0.05) is 11.6 Å². The molecule has 2 aromatic rings. The highest BCUT2D eigenvalue weighted by atomic mass is 35.5. The maximum Gasteiger partial charge on any atom is 0.280 e. The fourth-order valence-electron chi connectivity index (χ4n) is 1.79. The van der Waals surface area contributed by atoms with Gasteiger partial charge in [0.25, 0.3) is 5.69 Å². The molecule has 1 heterocycles. The summed E-state index contributed by atoms with van der Waals surface area (Å²) in [5.41, 5.74) is -0.173. The van der Waals surface area contributed by atoms with E-state index in [1.807, 2.05) is 6.92 Å². The predicted octanol–water partition coefficient (Wildman–Crippen LogP) is 2.67. The van der Waals surface area contributed by atoms with Crippen LogP contribution in [0, 0.1) is 10.1 Å². The first-order valence-electron chi connectivity index (χ1n) is 6.12. The van der Waals surface area contributed by atoms with Crippen LogP contribution in [-0.2, 0) is 11.5 Å². The van der Waals surface area contributed by atoms with E-state index in [0.717, 1.165) is 0 Å². The van der Waals surface area contributed by atoms with Crippen molar-refractivity contribution in [1.29, 1.82) is 0 Å². The van der Waals surface area contributed by atoms with Crippen molar-refractivity contribution >= 4 is 23.1 Å². The van der Waals surface area contributed by atoms with Crippen LogP contribution in [0.25, 0.3) is 0 Å². The zero-order valence-electron chi connectivity index (χ0n) is 11.2. The van der Waals surface area contributed by atoms with E-state index < -0.39 is 10.7 Å². The highest BCUT2D eigenvalue weighted by Crippen LogP contribution is 2.25. The summed E-state index contributed by atoms with van der Waals surface area (Å²) >= 11 is 5.83. The lowest BCUT2D eigenvalue weighted by Gasteiger charge is -2.07. The molecule has 0 amide bonds. The Balaban J connectivity index is 2.43. The Morgan fingerprint density at radius 2 is 2.24 bits per heavy atom. The molecule has 0 saturated heterocycles. The molecule has 0 radical (unpaired) electrons. The van der Waals surface area contributed by atoms with Gasteiger partial charge in [0.15, 0.2) is 0 Å². The Labute approximate surface area is 125 Å². The molecule has 21 heavy (non-hydrogen) atoms. The van der Waals surface area contributed by atoms with E-state index >= 15 is 0 Å². The zero-order chi connectivity index (χ0) is 15.4. The maximum absolute atomic E-state index is 12.5. The van der Waals surface area contributed by atoms with Crippen LogP contribution in [-0.4, -0.2) is 27.1 Å². The largest absolute Gasteiger partial charge is 0.360 e. The van der Waals surface area contributed by atoms with Crippen LogP contribution >= 0.6 is 11.6 Å². The van der Waals surface area contributed by atoms with E-state index in [-0.39, 0.29) is 28.7 Å². The molecule has 0 fully saturated rings. The third-order valence-corrected chi connectivity index (χ3v) is 3.00. The van der Waals surface area contributed by atoms with Crippen LogP contribution in [0.15, 0.2) is 30.5 Å². The molecule has 0 spiro atoms. The highest BCUT2D eigenvalue weighted by Gasteiger charge is 2.24. The average Bonchev–Trinajstić information content (AvgIpc) is 2.92. The van der Waals surface area contributed by atoms with Crippen LogP contribution in [0.3, 0.4) is 0 Å². The Morgan fingerprint density at radius 1 is 1.48 bits per heavy atom. The third kappa shape index (κ3) is 3.26. The molecule has 0 bridgehead atoms. The maximum atomic E-state index is 12.5. The number of ether oxygens (including phenoxy) is 1. The molecule has 0 unspecified atom stereocenters. The van der Waals surface area contributed by atoms with Crippen LogP contribution in [0.1, 0.15) is 23.0 Å². The van der Waals surface area contributed by atoms with E-state index in [4.69, 9.17) is 16.3 Å². The standard InChI is InChI=1S/C13H12ClN3O4/c1-2-21-8-16-12(5-6-15-16)13(18)10-7-9(14)3-4-11(10)17(19)20/h3-7H,2,8H2,1H3. The summed E-state index contributed by atoms with van der Waals surface area (Å²) in [5, 5.41) is 15.2. The van der Waals surface area contributed by atoms with Gasteiger partial charge < -0.3 is 4.74 Å². The molecule has 110 valence electrons. The summed E-state index contributed by atoms with van der Waals surface area (Å²) in [5.74, 6) is -0.526. The smallest absolute Gasteiger partial charge is 0.280 e. The summed E-state index contributed by atoms with van der Waals surface area (Å²) < 4.78 is 6.54. The van der Waals surface area contributed by atoms with Crippen molar-refractivity contribution in [3.8, 4) is 0 Å². The number of benzene rings is 1. The molecule has 0 aliphatic rings. The number of carbonyl (C=O) groups is 1. The zero-order valence-corrected chi connectivity index (χ0v) is 11.9. The number of hydrogen-bond acceptors (Lipinski definition) is 5. The quantitative estimate of drug-likeness (QED) is 0.465. The summed E-state index contributed by atoms with van der Waals surface area (Å²) in [4.78, 5) is 22.9. The molecule has 1 aromatic carbocycles. The number of nitro benzene ring substituents is 1. The number of carbonyl (C=O) groups excluding carboxylic acids is 1. The van der Waals surface area contributed by atoms with E-state index in [9.17, 15) is 14.9 Å². The van der Waals surface area contributed by atoms with Gasteiger partial charge in [0.05, 0.1) is 4.92 Å². The minimum atomic E-state index is -0.618. The lowest BCUT2D eigenvalue weighted by atomic mass is 10.1. The van der Waals surface area contributed by atoms with E-state index in [2.05, 4.69) is 5.10 Å². The first-order chi connectivity index (χ1) is 10.0. The molecule has 0 N–H and O–H groups in total. The lowest BCUT2D eigenvalue weighted by Crippen LogP contribution is -2.14. The number of hydrogen-bond donors (Lipinski definition) is 0. The van der Waals surface area contributed by atoms with Crippen molar-refractivity contribution in [2.45, 2.75) is 13.7 Å². The van der Waals surface area contributed by atoms with Gasteiger partial charge in [-0.2, -0.15) is 5.10 Å². The van der Waals surface area contributed by atoms with Crippen molar-refractivity contribution in [2.75, 3.05) is 6.61 Å². The Bertz CT molecular complexity index is 684. The van der Waals surface area contributed by atoms with Crippen molar-refractivity contribution in [1.82, 2.24) is 9.78 Å².